The van der Waals surface area contributed by atoms with E-state index in [4.69, 9.17) is 14.2 Å². The van der Waals surface area contributed by atoms with Crippen molar-refractivity contribution in [2.24, 2.45) is 0 Å². The quantitative estimate of drug-likeness (QED) is 0.0456. The van der Waals surface area contributed by atoms with Gasteiger partial charge in [0, 0.05) is 52.4 Å². The van der Waals surface area contributed by atoms with Crippen LogP contribution in [0, 0.1) is 0 Å². The summed E-state index contributed by atoms with van der Waals surface area (Å²) in [6.45, 7) is 24.3. The van der Waals surface area contributed by atoms with Crippen molar-refractivity contribution in [2.45, 2.75) is 298 Å². The highest BCUT2D eigenvalue weighted by molar-refractivity contribution is 5.82. The number of alkyl carbamates (subject to hydrolysis) is 2. The van der Waals surface area contributed by atoms with Gasteiger partial charge in [0.1, 0.15) is 23.3 Å². The van der Waals surface area contributed by atoms with E-state index in [1.807, 2.05) is 72.1 Å². The van der Waals surface area contributed by atoms with Crippen LogP contribution in [0.5, 0.6) is 0 Å². The summed E-state index contributed by atoms with van der Waals surface area (Å²) < 4.78 is 16.7. The fourth-order valence-electron chi connectivity index (χ4n) is 8.75. The molecule has 0 aliphatic heterocycles. The molecule has 0 radical (unpaired) electrons. The number of hydrogen-bond donors (Lipinski definition) is 2. The van der Waals surface area contributed by atoms with E-state index in [0.29, 0.717) is 45.8 Å². The third-order valence-corrected chi connectivity index (χ3v) is 12.8. The molecular formula is C59H117N5O7. The van der Waals surface area contributed by atoms with Crippen LogP contribution in [0.1, 0.15) is 282 Å². The monoisotopic (exact) mass is 1010 g/mol. The average molecular weight is 1010 g/mol. The molecule has 2 N–H and O–H groups in total. The maximum Gasteiger partial charge on any atom is 0.410 e. The Morgan fingerprint density at radius 2 is 0.620 bits per heavy atom. The zero-order valence-corrected chi connectivity index (χ0v) is 48.7. The Kier molecular flexibility index (Phi) is 41.9. The molecule has 71 heavy (non-hydrogen) atoms. The summed E-state index contributed by atoms with van der Waals surface area (Å²) in [4.78, 5) is 58.6. The molecule has 0 aliphatic rings. The molecule has 0 aromatic rings. The van der Waals surface area contributed by atoms with Crippen LogP contribution in [-0.4, -0.2) is 115 Å². The summed E-state index contributed by atoms with van der Waals surface area (Å²) in [6.07, 6.45) is 40.1. The van der Waals surface area contributed by atoms with Gasteiger partial charge in [-0.3, -0.25) is 14.6 Å². The van der Waals surface area contributed by atoms with Gasteiger partial charge in [0.15, 0.2) is 0 Å². The van der Waals surface area contributed by atoms with Gasteiger partial charge in [-0.15, -0.1) is 0 Å². The highest BCUT2D eigenvalue weighted by Gasteiger charge is 2.27. The molecule has 420 valence electrons. The van der Waals surface area contributed by atoms with E-state index in [1.54, 1.807) is 0 Å². The van der Waals surface area contributed by atoms with E-state index in [9.17, 15) is 19.2 Å². The Bertz CT molecular complexity index is 1220. The molecule has 0 fully saturated rings. The summed E-state index contributed by atoms with van der Waals surface area (Å²) in [7, 11) is 0. The standard InChI is InChI=1S/C59H117N5O7/c1-12-14-16-18-20-22-24-26-28-30-32-34-36-38-40-42-46-63(47-43-41-39-37-35-33-31-29-27-25-23-21-19-17-15-13-2)53(65)52-64(56(68)71-59(9,10)11)51-50-62(48-44-60-54(66)69-57(3,4)5)49-45-61-55(67)70-58(6,7)8/h12-52H2,1-11H3,(H,60,66)(H,61,67). The molecular weight excluding hydrogens is 891 g/mol. The second-order valence-corrected chi connectivity index (χ2v) is 23.6. The summed E-state index contributed by atoms with van der Waals surface area (Å²) in [6, 6.07) is 0. The summed E-state index contributed by atoms with van der Waals surface area (Å²) in [5.74, 6) is -0.0532. The Hall–Kier alpha value is -2.76. The molecule has 0 atom stereocenters. The Balaban J connectivity index is 5.51. The van der Waals surface area contributed by atoms with Gasteiger partial charge in [-0.2, -0.15) is 0 Å². The lowest BCUT2D eigenvalue weighted by Crippen LogP contribution is -2.49. The smallest absolute Gasteiger partial charge is 0.410 e. The molecule has 0 unspecified atom stereocenters. The third kappa shape index (κ3) is 48.0. The Labute approximate surface area is 438 Å². The normalized spacial score (nSPS) is 12.0. The van der Waals surface area contributed by atoms with E-state index < -0.39 is 35.1 Å². The van der Waals surface area contributed by atoms with Crippen LogP contribution in [0.4, 0.5) is 14.4 Å². The van der Waals surface area contributed by atoms with Crippen molar-refractivity contribution < 1.29 is 33.4 Å². The van der Waals surface area contributed by atoms with Gasteiger partial charge < -0.3 is 29.7 Å². The molecule has 0 aromatic heterocycles. The second kappa shape index (κ2) is 43.6. The molecule has 4 amide bonds. The zero-order chi connectivity index (χ0) is 53.1. The molecule has 0 saturated carbocycles. The molecule has 12 nitrogen and oxygen atoms in total. The summed E-state index contributed by atoms with van der Waals surface area (Å²) in [5, 5.41) is 5.64. The van der Waals surface area contributed by atoms with Gasteiger partial charge in [-0.25, -0.2) is 14.4 Å². The summed E-state index contributed by atoms with van der Waals surface area (Å²) in [5.41, 5.74) is -2.01. The van der Waals surface area contributed by atoms with Gasteiger partial charge in [0.05, 0.1) is 0 Å². The lowest BCUT2D eigenvalue weighted by Gasteiger charge is -2.32. The number of amides is 4. The van der Waals surface area contributed by atoms with Gasteiger partial charge >= 0.3 is 18.3 Å². The number of nitrogens with zero attached hydrogens (tertiary/aromatic N) is 3. The van der Waals surface area contributed by atoms with Gasteiger partial charge in [0.2, 0.25) is 5.91 Å². The van der Waals surface area contributed by atoms with Crippen molar-refractivity contribution in [3.05, 3.63) is 0 Å². The van der Waals surface area contributed by atoms with Crippen molar-refractivity contribution in [3.8, 4) is 0 Å². The topological polar surface area (TPSA) is 130 Å². The first kappa shape index (κ1) is 68.2. The number of ether oxygens (including phenoxy) is 3. The molecule has 0 aromatic carbocycles. The molecule has 0 rings (SSSR count). The number of unbranched alkanes of at least 4 members (excludes halogenated alkanes) is 30. The van der Waals surface area contributed by atoms with Crippen LogP contribution in [0.2, 0.25) is 0 Å². The first-order valence-electron chi connectivity index (χ1n) is 29.7. The van der Waals surface area contributed by atoms with E-state index >= 15 is 0 Å². The predicted molar refractivity (Wildman–Crippen MR) is 298 cm³/mol. The molecule has 0 spiro atoms. The van der Waals surface area contributed by atoms with E-state index in [1.165, 1.54) is 185 Å². The zero-order valence-electron chi connectivity index (χ0n) is 48.7. The first-order chi connectivity index (χ1) is 33.8. The minimum Gasteiger partial charge on any atom is -0.444 e. The fourth-order valence-corrected chi connectivity index (χ4v) is 8.75. The van der Waals surface area contributed by atoms with Gasteiger partial charge in [-0.05, 0) is 75.2 Å². The van der Waals surface area contributed by atoms with E-state index in [-0.39, 0.29) is 19.0 Å². The number of carbonyl (C=O) groups excluding carboxylic acids is 4. The van der Waals surface area contributed by atoms with Crippen molar-refractivity contribution in [2.75, 3.05) is 58.9 Å². The maximum absolute atomic E-state index is 14.3. The molecule has 0 aliphatic carbocycles. The van der Waals surface area contributed by atoms with Crippen molar-refractivity contribution in [1.29, 1.82) is 0 Å². The maximum atomic E-state index is 14.3. The summed E-state index contributed by atoms with van der Waals surface area (Å²) >= 11 is 0. The highest BCUT2D eigenvalue weighted by atomic mass is 16.6. The van der Waals surface area contributed by atoms with Crippen LogP contribution in [0.15, 0.2) is 0 Å². The minimum absolute atomic E-state index is 0.0532. The van der Waals surface area contributed by atoms with Crippen molar-refractivity contribution in [3.63, 3.8) is 0 Å². The largest absolute Gasteiger partial charge is 0.444 e. The molecule has 0 saturated heterocycles. The third-order valence-electron chi connectivity index (χ3n) is 12.8. The number of nitrogens with one attached hydrogen (secondary N) is 2. The van der Waals surface area contributed by atoms with E-state index in [2.05, 4.69) is 24.5 Å². The number of hydrogen-bond acceptors (Lipinski definition) is 8. The van der Waals surface area contributed by atoms with Crippen LogP contribution in [-0.2, 0) is 19.0 Å². The van der Waals surface area contributed by atoms with Crippen LogP contribution >= 0.6 is 0 Å². The molecule has 0 bridgehead atoms. The highest BCUT2D eigenvalue weighted by Crippen LogP contribution is 2.18. The predicted octanol–water partition coefficient (Wildman–Crippen LogP) is 15.9. The molecule has 0 heterocycles. The number of carbonyl (C=O) groups is 4. The Morgan fingerprint density at radius 3 is 0.901 bits per heavy atom. The van der Waals surface area contributed by atoms with Crippen molar-refractivity contribution in [1.82, 2.24) is 25.3 Å². The number of rotatable bonds is 45. The van der Waals surface area contributed by atoms with Crippen LogP contribution in [0.25, 0.3) is 0 Å². The minimum atomic E-state index is -0.743. The lowest BCUT2D eigenvalue weighted by molar-refractivity contribution is -0.132. The lowest BCUT2D eigenvalue weighted by atomic mass is 10.0. The van der Waals surface area contributed by atoms with E-state index in [0.717, 1.165) is 25.7 Å². The second-order valence-electron chi connectivity index (χ2n) is 23.6. The van der Waals surface area contributed by atoms with Gasteiger partial charge in [0.25, 0.3) is 0 Å². The Morgan fingerprint density at radius 1 is 0.338 bits per heavy atom. The first-order valence-corrected chi connectivity index (χ1v) is 29.7. The SMILES string of the molecule is CCCCCCCCCCCCCCCCCCN(CCCCCCCCCCCCCCCCCC)C(=O)CN(CCN(CCNC(=O)OC(C)(C)C)CCNC(=O)OC(C)(C)C)C(=O)OC(C)(C)C. The average Bonchev–Trinajstić information content (AvgIpc) is 3.27. The van der Waals surface area contributed by atoms with Crippen LogP contribution in [0.3, 0.4) is 0 Å². The van der Waals surface area contributed by atoms with Crippen molar-refractivity contribution >= 4 is 24.2 Å². The van der Waals surface area contributed by atoms with Crippen LogP contribution < -0.4 is 10.6 Å². The van der Waals surface area contributed by atoms with Gasteiger partial charge in [-0.1, -0.05) is 206 Å². The molecule has 12 heteroatoms. The fraction of sp³-hybridized carbons (Fsp3) is 0.932.